The van der Waals surface area contributed by atoms with Crippen molar-refractivity contribution in [3.8, 4) is 0 Å². The third-order valence-corrected chi connectivity index (χ3v) is 3.39. The van der Waals surface area contributed by atoms with E-state index in [1.54, 1.807) is 12.1 Å². The van der Waals surface area contributed by atoms with E-state index in [9.17, 15) is 9.59 Å². The average Bonchev–Trinajstić information content (AvgIpc) is 2.98. The van der Waals surface area contributed by atoms with Crippen molar-refractivity contribution in [2.45, 2.75) is 19.8 Å². The Balaban J connectivity index is 1.66. The number of likely N-dealkylation sites (tertiary alicyclic amines) is 1. The average molecular weight is 275 g/mol. The first-order chi connectivity index (χ1) is 9.66. The van der Waals surface area contributed by atoms with E-state index in [2.05, 4.69) is 10.6 Å². The number of urea groups is 1. The molecule has 1 aliphatic heterocycles. The largest absolute Gasteiger partial charge is 0.350 e. The zero-order valence-electron chi connectivity index (χ0n) is 11.8. The Kier molecular flexibility index (Phi) is 4.98. The van der Waals surface area contributed by atoms with Gasteiger partial charge in [-0.05, 0) is 31.9 Å². The molecule has 2 N–H and O–H groups in total. The van der Waals surface area contributed by atoms with E-state index in [0.29, 0.717) is 18.7 Å². The van der Waals surface area contributed by atoms with E-state index in [-0.39, 0.29) is 11.9 Å². The second-order valence-corrected chi connectivity index (χ2v) is 5.05. The Hall–Kier alpha value is -2.04. The minimum absolute atomic E-state index is 0.0351. The Morgan fingerprint density at radius 1 is 1.05 bits per heavy atom. The lowest BCUT2D eigenvalue weighted by molar-refractivity contribution is 0.0953. The van der Waals surface area contributed by atoms with Gasteiger partial charge in [-0.15, -0.1) is 0 Å². The van der Waals surface area contributed by atoms with Crippen LogP contribution in [0.2, 0.25) is 0 Å². The number of hydrogen-bond donors (Lipinski definition) is 2. The zero-order chi connectivity index (χ0) is 14.4. The van der Waals surface area contributed by atoms with Crippen LogP contribution in [0.3, 0.4) is 0 Å². The third kappa shape index (κ3) is 3.98. The molecule has 0 aliphatic carbocycles. The Morgan fingerprint density at radius 3 is 2.30 bits per heavy atom. The normalized spacial score (nSPS) is 14.2. The van der Waals surface area contributed by atoms with Gasteiger partial charge >= 0.3 is 6.03 Å². The van der Waals surface area contributed by atoms with Crippen LogP contribution in [-0.2, 0) is 0 Å². The third-order valence-electron chi connectivity index (χ3n) is 3.39. The van der Waals surface area contributed by atoms with Crippen LogP contribution in [0.1, 0.15) is 28.8 Å². The molecular formula is C15H21N3O2. The predicted molar refractivity (Wildman–Crippen MR) is 77.7 cm³/mol. The second-order valence-electron chi connectivity index (χ2n) is 5.05. The lowest BCUT2D eigenvalue weighted by Gasteiger charge is -2.16. The molecule has 20 heavy (non-hydrogen) atoms. The number of aryl methyl sites for hydroxylation is 1. The lowest BCUT2D eigenvalue weighted by Crippen LogP contribution is -2.41. The molecule has 3 amide bonds. The molecule has 0 atom stereocenters. The summed E-state index contributed by atoms with van der Waals surface area (Å²) in [4.78, 5) is 25.3. The van der Waals surface area contributed by atoms with Crippen LogP contribution < -0.4 is 10.6 Å². The number of carbonyl (C=O) groups is 2. The SMILES string of the molecule is Cc1ccc(C(=O)NCCNC(=O)N2CCCC2)cc1. The molecule has 1 fully saturated rings. The Bertz CT molecular complexity index is 465. The van der Waals surface area contributed by atoms with Crippen LogP contribution >= 0.6 is 0 Å². The van der Waals surface area contributed by atoms with Crippen LogP contribution in [0.4, 0.5) is 4.79 Å². The zero-order valence-corrected chi connectivity index (χ0v) is 11.8. The summed E-state index contributed by atoms with van der Waals surface area (Å²) < 4.78 is 0. The minimum atomic E-state index is -0.111. The van der Waals surface area contributed by atoms with Gasteiger partial charge in [-0.3, -0.25) is 4.79 Å². The number of rotatable bonds is 4. The molecule has 1 saturated heterocycles. The quantitative estimate of drug-likeness (QED) is 0.819. The van der Waals surface area contributed by atoms with E-state index in [1.807, 2.05) is 24.0 Å². The maximum Gasteiger partial charge on any atom is 0.317 e. The molecule has 0 aromatic heterocycles. The van der Waals surface area contributed by atoms with Crippen LogP contribution in [0.15, 0.2) is 24.3 Å². The Labute approximate surface area is 119 Å². The van der Waals surface area contributed by atoms with Gasteiger partial charge in [0.05, 0.1) is 0 Å². The van der Waals surface area contributed by atoms with Crippen molar-refractivity contribution >= 4 is 11.9 Å². The summed E-state index contributed by atoms with van der Waals surface area (Å²) in [6.45, 7) is 4.54. The van der Waals surface area contributed by atoms with Gasteiger partial charge in [0.2, 0.25) is 0 Å². The molecule has 1 aromatic carbocycles. The van der Waals surface area contributed by atoms with Gasteiger partial charge < -0.3 is 15.5 Å². The highest BCUT2D eigenvalue weighted by Crippen LogP contribution is 2.06. The molecule has 5 heteroatoms. The van der Waals surface area contributed by atoms with Crippen molar-refractivity contribution in [2.24, 2.45) is 0 Å². The maximum absolute atomic E-state index is 11.8. The van der Waals surface area contributed by atoms with Crippen molar-refractivity contribution in [2.75, 3.05) is 26.2 Å². The van der Waals surface area contributed by atoms with E-state index >= 15 is 0 Å². The maximum atomic E-state index is 11.8. The van der Waals surface area contributed by atoms with Gasteiger partial charge in [0.25, 0.3) is 5.91 Å². The molecule has 5 nitrogen and oxygen atoms in total. The Morgan fingerprint density at radius 2 is 1.65 bits per heavy atom. The minimum Gasteiger partial charge on any atom is -0.350 e. The highest BCUT2D eigenvalue weighted by Gasteiger charge is 2.16. The van der Waals surface area contributed by atoms with Crippen molar-refractivity contribution in [1.29, 1.82) is 0 Å². The summed E-state index contributed by atoms with van der Waals surface area (Å²) in [5, 5.41) is 5.60. The molecule has 2 rings (SSSR count). The van der Waals surface area contributed by atoms with Gasteiger partial charge in [-0.2, -0.15) is 0 Å². The fourth-order valence-corrected chi connectivity index (χ4v) is 2.18. The first-order valence-electron chi connectivity index (χ1n) is 7.04. The van der Waals surface area contributed by atoms with Crippen LogP contribution in [0, 0.1) is 6.92 Å². The van der Waals surface area contributed by atoms with Gasteiger partial charge in [0.15, 0.2) is 0 Å². The standard InChI is InChI=1S/C15H21N3O2/c1-12-4-6-13(7-5-12)14(19)16-8-9-17-15(20)18-10-2-3-11-18/h4-7H,2-3,8-11H2,1H3,(H,16,19)(H,17,20). The van der Waals surface area contributed by atoms with Crippen molar-refractivity contribution < 1.29 is 9.59 Å². The monoisotopic (exact) mass is 275 g/mol. The number of carbonyl (C=O) groups excluding carboxylic acids is 2. The summed E-state index contributed by atoms with van der Waals surface area (Å²) in [5.41, 5.74) is 1.76. The highest BCUT2D eigenvalue weighted by molar-refractivity contribution is 5.94. The van der Waals surface area contributed by atoms with E-state index in [4.69, 9.17) is 0 Å². The topological polar surface area (TPSA) is 61.4 Å². The number of hydrogen-bond acceptors (Lipinski definition) is 2. The van der Waals surface area contributed by atoms with Crippen LogP contribution in [-0.4, -0.2) is 43.0 Å². The first kappa shape index (κ1) is 14.4. The molecule has 0 spiro atoms. The van der Waals surface area contributed by atoms with Gasteiger partial charge in [-0.1, -0.05) is 17.7 Å². The second kappa shape index (κ2) is 6.93. The van der Waals surface area contributed by atoms with Crippen LogP contribution in [0.5, 0.6) is 0 Å². The van der Waals surface area contributed by atoms with Crippen molar-refractivity contribution in [1.82, 2.24) is 15.5 Å². The summed E-state index contributed by atoms with van der Waals surface area (Å²) in [6.07, 6.45) is 2.16. The first-order valence-corrected chi connectivity index (χ1v) is 7.04. The molecule has 0 bridgehead atoms. The van der Waals surface area contributed by atoms with Crippen molar-refractivity contribution in [3.05, 3.63) is 35.4 Å². The molecular weight excluding hydrogens is 254 g/mol. The molecule has 1 aromatic rings. The molecule has 0 saturated carbocycles. The summed E-state index contributed by atoms with van der Waals surface area (Å²) >= 11 is 0. The van der Waals surface area contributed by atoms with E-state index < -0.39 is 0 Å². The van der Waals surface area contributed by atoms with Crippen LogP contribution in [0.25, 0.3) is 0 Å². The molecule has 0 radical (unpaired) electrons. The molecule has 108 valence electrons. The highest BCUT2D eigenvalue weighted by atomic mass is 16.2. The number of nitrogens with one attached hydrogen (secondary N) is 2. The molecule has 1 heterocycles. The number of nitrogens with zero attached hydrogens (tertiary/aromatic N) is 1. The molecule has 1 aliphatic rings. The van der Waals surface area contributed by atoms with E-state index in [1.165, 1.54) is 0 Å². The summed E-state index contributed by atoms with van der Waals surface area (Å²) in [5.74, 6) is -0.111. The fourth-order valence-electron chi connectivity index (χ4n) is 2.18. The number of amides is 3. The van der Waals surface area contributed by atoms with E-state index in [0.717, 1.165) is 31.5 Å². The van der Waals surface area contributed by atoms with Crippen molar-refractivity contribution in [3.63, 3.8) is 0 Å². The van der Waals surface area contributed by atoms with Gasteiger partial charge in [-0.25, -0.2) is 4.79 Å². The summed E-state index contributed by atoms with van der Waals surface area (Å²) in [6, 6.07) is 7.38. The lowest BCUT2D eigenvalue weighted by atomic mass is 10.1. The number of benzene rings is 1. The van der Waals surface area contributed by atoms with Gasteiger partial charge in [0.1, 0.15) is 0 Å². The fraction of sp³-hybridized carbons (Fsp3) is 0.467. The summed E-state index contributed by atoms with van der Waals surface area (Å²) in [7, 11) is 0. The van der Waals surface area contributed by atoms with Gasteiger partial charge in [0, 0.05) is 31.7 Å². The predicted octanol–water partition coefficient (Wildman–Crippen LogP) is 1.53. The smallest absolute Gasteiger partial charge is 0.317 e. The molecule has 0 unspecified atom stereocenters.